The largest absolute Gasteiger partial charge is 0.489 e. The number of ether oxygens (including phenoxy) is 2. The lowest BCUT2D eigenvalue weighted by molar-refractivity contribution is 0.161. The van der Waals surface area contributed by atoms with Gasteiger partial charge < -0.3 is 25.0 Å². The van der Waals surface area contributed by atoms with Crippen molar-refractivity contribution in [1.82, 2.24) is 15.5 Å². The molecule has 0 bridgehead atoms. The Morgan fingerprint density at radius 1 is 1.28 bits per heavy atom. The fourth-order valence-corrected chi connectivity index (χ4v) is 2.25. The zero-order valence-corrected chi connectivity index (χ0v) is 15.8. The summed E-state index contributed by atoms with van der Waals surface area (Å²) in [5.41, 5.74) is 1.09. The van der Waals surface area contributed by atoms with Gasteiger partial charge in [-0.1, -0.05) is 30.9 Å². The first kappa shape index (κ1) is 21.0. The van der Waals surface area contributed by atoms with Gasteiger partial charge in [0.15, 0.2) is 5.96 Å². The van der Waals surface area contributed by atoms with Gasteiger partial charge in [-0.15, -0.1) is 0 Å². The highest BCUT2D eigenvalue weighted by molar-refractivity contribution is 5.79. The molecule has 0 aliphatic rings. The van der Waals surface area contributed by atoms with E-state index < -0.39 is 0 Å². The van der Waals surface area contributed by atoms with Crippen LogP contribution in [0.25, 0.3) is 0 Å². The zero-order valence-electron chi connectivity index (χ0n) is 15.8. The summed E-state index contributed by atoms with van der Waals surface area (Å²) >= 11 is 0. The van der Waals surface area contributed by atoms with E-state index in [0.29, 0.717) is 13.2 Å². The van der Waals surface area contributed by atoms with Crippen molar-refractivity contribution in [3.05, 3.63) is 42.5 Å². The van der Waals surface area contributed by atoms with Crippen molar-refractivity contribution in [1.29, 1.82) is 0 Å². The third-order valence-electron chi connectivity index (χ3n) is 3.69. The van der Waals surface area contributed by atoms with Crippen molar-refractivity contribution in [3.63, 3.8) is 0 Å². The van der Waals surface area contributed by atoms with Crippen LogP contribution in [0.4, 0.5) is 0 Å². The van der Waals surface area contributed by atoms with Crippen molar-refractivity contribution in [2.75, 3.05) is 54.1 Å². The van der Waals surface area contributed by atoms with Crippen molar-refractivity contribution < 1.29 is 9.47 Å². The van der Waals surface area contributed by atoms with Crippen LogP contribution >= 0.6 is 0 Å². The van der Waals surface area contributed by atoms with Gasteiger partial charge in [0, 0.05) is 39.4 Å². The molecule has 0 aliphatic carbocycles. The van der Waals surface area contributed by atoms with Crippen molar-refractivity contribution in [3.8, 4) is 5.75 Å². The van der Waals surface area contributed by atoms with Gasteiger partial charge in [-0.3, -0.25) is 4.99 Å². The molecule has 0 radical (unpaired) electrons. The first-order valence-corrected chi connectivity index (χ1v) is 8.64. The maximum atomic E-state index is 5.68. The Hall–Kier alpha value is -2.05. The molecule has 0 fully saturated rings. The molecule has 0 heterocycles. The van der Waals surface area contributed by atoms with E-state index in [0.717, 1.165) is 49.9 Å². The van der Waals surface area contributed by atoms with Gasteiger partial charge in [0.25, 0.3) is 0 Å². The molecule has 140 valence electrons. The standard InChI is InChI=1S/C19H32N4O2/c1-5-14-25-18-10-7-6-9-17(18)16-22-19(20-2)21-11-8-12-23(3)13-15-24-4/h5-7,9-10H,1,8,11-16H2,2-4H3,(H2,20,21,22). The number of methoxy groups -OCH3 is 1. The number of benzene rings is 1. The second kappa shape index (κ2) is 13.3. The number of likely N-dealkylation sites (N-methyl/N-ethyl adjacent to an activating group) is 1. The molecule has 2 N–H and O–H groups in total. The molecule has 0 amide bonds. The van der Waals surface area contributed by atoms with Gasteiger partial charge in [-0.2, -0.15) is 0 Å². The molecule has 0 spiro atoms. The summed E-state index contributed by atoms with van der Waals surface area (Å²) in [7, 11) is 5.61. The highest BCUT2D eigenvalue weighted by Crippen LogP contribution is 2.17. The summed E-state index contributed by atoms with van der Waals surface area (Å²) in [6.07, 6.45) is 2.79. The molecular formula is C19H32N4O2. The molecular weight excluding hydrogens is 316 g/mol. The molecule has 0 saturated carbocycles. The van der Waals surface area contributed by atoms with Crippen LogP contribution in [-0.2, 0) is 11.3 Å². The Balaban J connectivity index is 2.34. The van der Waals surface area contributed by atoms with Crippen LogP contribution in [0, 0.1) is 0 Å². The summed E-state index contributed by atoms with van der Waals surface area (Å²) in [6.45, 7) is 8.44. The number of nitrogens with one attached hydrogen (secondary N) is 2. The first-order valence-electron chi connectivity index (χ1n) is 8.64. The van der Waals surface area contributed by atoms with Gasteiger partial charge >= 0.3 is 0 Å². The number of nitrogens with zero attached hydrogens (tertiary/aromatic N) is 2. The molecule has 0 aromatic heterocycles. The molecule has 1 aromatic carbocycles. The summed E-state index contributed by atoms with van der Waals surface area (Å²) in [5.74, 6) is 1.66. The van der Waals surface area contributed by atoms with E-state index in [9.17, 15) is 0 Å². The maximum Gasteiger partial charge on any atom is 0.191 e. The molecule has 0 unspecified atom stereocenters. The van der Waals surface area contributed by atoms with Crippen LogP contribution in [0.15, 0.2) is 41.9 Å². The lowest BCUT2D eigenvalue weighted by atomic mass is 10.2. The monoisotopic (exact) mass is 348 g/mol. The van der Waals surface area contributed by atoms with Gasteiger partial charge in [-0.05, 0) is 26.1 Å². The smallest absolute Gasteiger partial charge is 0.191 e. The van der Waals surface area contributed by atoms with Crippen LogP contribution in [0.3, 0.4) is 0 Å². The average molecular weight is 348 g/mol. The fourth-order valence-electron chi connectivity index (χ4n) is 2.25. The number of hydrogen-bond donors (Lipinski definition) is 2. The summed E-state index contributed by atoms with van der Waals surface area (Å²) < 4.78 is 10.8. The predicted octanol–water partition coefficient (Wildman–Crippen LogP) is 1.88. The van der Waals surface area contributed by atoms with Crippen LogP contribution in [0.1, 0.15) is 12.0 Å². The molecule has 6 heteroatoms. The third-order valence-corrected chi connectivity index (χ3v) is 3.69. The van der Waals surface area contributed by atoms with Gasteiger partial charge in [0.05, 0.1) is 6.61 Å². The highest BCUT2D eigenvalue weighted by Gasteiger charge is 2.04. The fraction of sp³-hybridized carbons (Fsp3) is 0.526. The molecule has 1 rings (SSSR count). The van der Waals surface area contributed by atoms with E-state index >= 15 is 0 Å². The van der Waals surface area contributed by atoms with Crippen molar-refractivity contribution in [2.45, 2.75) is 13.0 Å². The van der Waals surface area contributed by atoms with Crippen LogP contribution in [-0.4, -0.2) is 64.9 Å². The van der Waals surface area contributed by atoms with Crippen molar-refractivity contribution >= 4 is 5.96 Å². The number of aliphatic imine (C=N–C) groups is 1. The summed E-state index contributed by atoms with van der Waals surface area (Å²) in [4.78, 5) is 6.52. The SMILES string of the molecule is C=CCOc1ccccc1CNC(=NC)NCCCN(C)CCOC. The number of guanidine groups is 1. The Kier molecular flexibility index (Phi) is 11.1. The second-order valence-corrected chi connectivity index (χ2v) is 5.71. The van der Waals surface area contributed by atoms with E-state index in [1.165, 1.54) is 0 Å². The van der Waals surface area contributed by atoms with Crippen LogP contribution < -0.4 is 15.4 Å². The topological polar surface area (TPSA) is 58.1 Å². The quantitative estimate of drug-likeness (QED) is 0.261. The van der Waals surface area contributed by atoms with Crippen LogP contribution in [0.5, 0.6) is 5.75 Å². The highest BCUT2D eigenvalue weighted by atomic mass is 16.5. The van der Waals surface area contributed by atoms with Gasteiger partial charge in [0.2, 0.25) is 0 Å². The molecule has 6 nitrogen and oxygen atoms in total. The lowest BCUT2D eigenvalue weighted by Gasteiger charge is -2.17. The number of hydrogen-bond acceptors (Lipinski definition) is 4. The average Bonchev–Trinajstić information content (AvgIpc) is 2.64. The van der Waals surface area contributed by atoms with E-state index in [4.69, 9.17) is 9.47 Å². The number of para-hydroxylation sites is 1. The van der Waals surface area contributed by atoms with Crippen LogP contribution in [0.2, 0.25) is 0 Å². The molecule has 0 aliphatic heterocycles. The van der Waals surface area contributed by atoms with E-state index in [1.807, 2.05) is 24.3 Å². The minimum atomic E-state index is 0.501. The Morgan fingerprint density at radius 2 is 2.08 bits per heavy atom. The zero-order chi connectivity index (χ0) is 18.3. The second-order valence-electron chi connectivity index (χ2n) is 5.71. The van der Waals surface area contributed by atoms with E-state index in [2.05, 4.69) is 34.2 Å². The molecule has 1 aromatic rings. The lowest BCUT2D eigenvalue weighted by Crippen LogP contribution is -2.38. The minimum absolute atomic E-state index is 0.501. The maximum absolute atomic E-state index is 5.68. The Bertz CT molecular complexity index is 520. The Morgan fingerprint density at radius 3 is 2.80 bits per heavy atom. The van der Waals surface area contributed by atoms with E-state index in [1.54, 1.807) is 20.2 Å². The van der Waals surface area contributed by atoms with Crippen molar-refractivity contribution in [2.24, 2.45) is 4.99 Å². The van der Waals surface area contributed by atoms with E-state index in [-0.39, 0.29) is 0 Å². The summed E-state index contributed by atoms with van der Waals surface area (Å²) in [6, 6.07) is 7.98. The molecule has 0 saturated heterocycles. The van der Waals surface area contributed by atoms with Gasteiger partial charge in [-0.25, -0.2) is 0 Å². The molecule has 25 heavy (non-hydrogen) atoms. The first-order chi connectivity index (χ1) is 12.2. The minimum Gasteiger partial charge on any atom is -0.489 e. The molecule has 0 atom stereocenters. The predicted molar refractivity (Wildman–Crippen MR) is 104 cm³/mol. The number of rotatable bonds is 12. The summed E-state index contributed by atoms with van der Waals surface area (Å²) in [5, 5.41) is 6.66. The third kappa shape index (κ3) is 9.12. The Labute approximate surface area is 151 Å². The van der Waals surface area contributed by atoms with Gasteiger partial charge in [0.1, 0.15) is 12.4 Å². The normalized spacial score (nSPS) is 11.4.